The third-order valence-corrected chi connectivity index (χ3v) is 6.11. The van der Waals surface area contributed by atoms with E-state index in [9.17, 15) is 9.36 Å². The molecule has 8 nitrogen and oxygen atoms in total. The Balaban J connectivity index is 1.96. The number of nitrogens with one attached hydrogen (secondary N) is 2. The van der Waals surface area contributed by atoms with Crippen LogP contribution in [0.3, 0.4) is 0 Å². The van der Waals surface area contributed by atoms with Gasteiger partial charge in [0.05, 0.1) is 33.0 Å². The maximum Gasteiger partial charge on any atom is 0.406 e. The second-order valence-corrected chi connectivity index (χ2v) is 9.52. The lowest BCUT2D eigenvalue weighted by atomic mass is 10.1. The van der Waals surface area contributed by atoms with Crippen molar-refractivity contribution in [2.24, 2.45) is 0 Å². The Kier molecular flexibility index (Phi) is 10.1. The topological polar surface area (TPSA) is 95.1 Å². The van der Waals surface area contributed by atoms with E-state index in [4.69, 9.17) is 18.5 Å². The van der Waals surface area contributed by atoms with Crippen molar-refractivity contribution in [2.45, 2.75) is 39.9 Å². The zero-order valence-corrected chi connectivity index (χ0v) is 20.8. The first kappa shape index (κ1) is 26.6. The van der Waals surface area contributed by atoms with Gasteiger partial charge in [-0.15, -0.1) is 0 Å². The average molecular weight is 477 g/mol. The van der Waals surface area contributed by atoms with E-state index in [0.29, 0.717) is 17.2 Å². The number of ether oxygens (including phenoxy) is 2. The molecule has 0 aromatic heterocycles. The van der Waals surface area contributed by atoms with Crippen LogP contribution in [0.2, 0.25) is 0 Å². The lowest BCUT2D eigenvalue weighted by Gasteiger charge is -2.22. The Labute approximate surface area is 195 Å². The Hall–Kier alpha value is -2.64. The van der Waals surface area contributed by atoms with Crippen LogP contribution in [-0.4, -0.2) is 38.9 Å². The minimum Gasteiger partial charge on any atom is -0.497 e. The van der Waals surface area contributed by atoms with Gasteiger partial charge in [-0.05, 0) is 63.1 Å². The first-order valence-electron chi connectivity index (χ1n) is 10.7. The van der Waals surface area contributed by atoms with Gasteiger partial charge in [-0.25, -0.2) is 9.65 Å². The van der Waals surface area contributed by atoms with E-state index in [1.54, 1.807) is 54.0 Å². The molecule has 2 aromatic carbocycles. The molecule has 0 bridgehead atoms. The van der Waals surface area contributed by atoms with Crippen molar-refractivity contribution in [1.29, 1.82) is 0 Å². The van der Waals surface area contributed by atoms with Crippen molar-refractivity contribution in [3.63, 3.8) is 0 Å². The molecule has 0 unspecified atom stereocenters. The van der Waals surface area contributed by atoms with Gasteiger partial charge in [0.1, 0.15) is 11.5 Å². The molecular formula is C24H33N2O6P. The van der Waals surface area contributed by atoms with Crippen LogP contribution in [0.15, 0.2) is 42.5 Å². The van der Waals surface area contributed by atoms with Gasteiger partial charge in [0.15, 0.2) is 0 Å². The third-order valence-electron chi connectivity index (χ3n) is 4.17. The number of methoxy groups -OCH3 is 2. The van der Waals surface area contributed by atoms with Crippen LogP contribution < -0.4 is 19.9 Å². The van der Waals surface area contributed by atoms with Crippen LogP contribution >= 0.6 is 7.75 Å². The van der Waals surface area contributed by atoms with E-state index in [1.807, 2.05) is 42.5 Å². The van der Waals surface area contributed by atoms with E-state index in [1.165, 1.54) is 0 Å². The molecule has 1 amide bonds. The first-order valence-corrected chi connectivity index (χ1v) is 12.2. The van der Waals surface area contributed by atoms with E-state index >= 15 is 0 Å². The highest BCUT2D eigenvalue weighted by Crippen LogP contribution is 2.45. The molecule has 2 rings (SSSR count). The summed E-state index contributed by atoms with van der Waals surface area (Å²) in [6, 6.07) is 13.0. The highest BCUT2D eigenvalue weighted by molar-refractivity contribution is 7.51. The van der Waals surface area contributed by atoms with E-state index in [0.717, 1.165) is 11.1 Å². The van der Waals surface area contributed by atoms with Crippen LogP contribution in [0, 0.1) is 0 Å². The molecule has 0 saturated heterocycles. The van der Waals surface area contributed by atoms with Gasteiger partial charge < -0.3 is 14.8 Å². The lowest BCUT2D eigenvalue weighted by Crippen LogP contribution is -2.29. The number of rotatable bonds is 12. The predicted octanol–water partition coefficient (Wildman–Crippen LogP) is 5.36. The predicted molar refractivity (Wildman–Crippen MR) is 132 cm³/mol. The number of benzene rings is 2. The Morgan fingerprint density at radius 2 is 1.39 bits per heavy atom. The molecule has 0 aliphatic heterocycles. The summed E-state index contributed by atoms with van der Waals surface area (Å²) < 4.78 is 34.1. The van der Waals surface area contributed by atoms with Crippen molar-refractivity contribution in [3.8, 4) is 11.5 Å². The fraction of sp³-hybridized carbons (Fsp3) is 0.375. The number of hydrogen-bond donors (Lipinski definition) is 2. The smallest absolute Gasteiger partial charge is 0.406 e. The molecule has 0 saturated carbocycles. The van der Waals surface area contributed by atoms with Crippen molar-refractivity contribution < 1.29 is 27.9 Å². The molecule has 33 heavy (non-hydrogen) atoms. The fourth-order valence-corrected chi connectivity index (χ4v) is 4.47. The molecule has 2 aromatic rings. The molecule has 0 spiro atoms. The average Bonchev–Trinajstić information content (AvgIpc) is 2.76. The first-order chi connectivity index (χ1) is 15.6. The Bertz CT molecular complexity index is 953. The number of amides is 1. The van der Waals surface area contributed by atoms with Crippen LogP contribution in [0.4, 0.5) is 5.69 Å². The molecule has 0 aliphatic rings. The summed E-state index contributed by atoms with van der Waals surface area (Å²) in [6.45, 7) is 6.78. The zero-order valence-electron chi connectivity index (χ0n) is 20.0. The van der Waals surface area contributed by atoms with Gasteiger partial charge in [0, 0.05) is 11.8 Å². The lowest BCUT2D eigenvalue weighted by molar-refractivity contribution is -0.115. The molecule has 0 atom stereocenters. The van der Waals surface area contributed by atoms with Crippen LogP contribution in [-0.2, 0) is 18.4 Å². The normalized spacial score (nSPS) is 11.9. The van der Waals surface area contributed by atoms with E-state index in [-0.39, 0.29) is 24.7 Å². The molecule has 0 aliphatic carbocycles. The van der Waals surface area contributed by atoms with Crippen LogP contribution in [0.25, 0.3) is 12.2 Å². The Morgan fingerprint density at radius 1 is 0.879 bits per heavy atom. The summed E-state index contributed by atoms with van der Waals surface area (Å²) in [5, 5.41) is 5.38. The molecule has 2 N–H and O–H groups in total. The monoisotopic (exact) mass is 476 g/mol. The van der Waals surface area contributed by atoms with Gasteiger partial charge in [0.25, 0.3) is 0 Å². The van der Waals surface area contributed by atoms with Crippen molar-refractivity contribution in [2.75, 3.05) is 26.1 Å². The Morgan fingerprint density at radius 3 is 1.88 bits per heavy atom. The molecule has 180 valence electrons. The molecule has 0 heterocycles. The third kappa shape index (κ3) is 9.40. The summed E-state index contributed by atoms with van der Waals surface area (Å²) in [5.41, 5.74) is 2.51. The standard InChI is InChI=1S/C24H33N2O6P/c1-17(2)31-33(28,32-18(3)4)25-16-24(27)26-21-11-9-19(10-12-21)7-8-20-13-22(29-5)15-23(14-20)30-6/h7-15,17-18H,16H2,1-6H3,(H,25,28)(H,26,27)/b8-7+. The van der Waals surface area contributed by atoms with Gasteiger partial charge >= 0.3 is 7.75 Å². The second kappa shape index (κ2) is 12.6. The van der Waals surface area contributed by atoms with Crippen molar-refractivity contribution in [1.82, 2.24) is 5.09 Å². The molecular weight excluding hydrogens is 443 g/mol. The summed E-state index contributed by atoms with van der Waals surface area (Å²) in [7, 11) is -0.367. The maximum atomic E-state index is 12.7. The minimum absolute atomic E-state index is 0.212. The molecule has 9 heteroatoms. The molecule has 0 radical (unpaired) electrons. The summed E-state index contributed by atoms with van der Waals surface area (Å²) in [4.78, 5) is 12.3. The quantitative estimate of drug-likeness (QED) is 0.315. The molecule has 0 fully saturated rings. The highest BCUT2D eigenvalue weighted by atomic mass is 31.2. The van der Waals surface area contributed by atoms with Crippen molar-refractivity contribution >= 4 is 31.5 Å². The minimum atomic E-state index is -3.59. The summed E-state index contributed by atoms with van der Waals surface area (Å²) in [5.74, 6) is 1.06. The van der Waals surface area contributed by atoms with Crippen LogP contribution in [0.5, 0.6) is 11.5 Å². The number of carbonyl (C=O) groups is 1. The van der Waals surface area contributed by atoms with Crippen molar-refractivity contribution in [3.05, 3.63) is 53.6 Å². The fourth-order valence-electron chi connectivity index (χ4n) is 2.82. The SMILES string of the molecule is COc1cc(/C=C/c2ccc(NC(=O)CNP(=O)(OC(C)C)OC(C)C)cc2)cc(OC)c1. The number of carbonyl (C=O) groups excluding carboxylic acids is 1. The second-order valence-electron chi connectivity index (χ2n) is 7.79. The van der Waals surface area contributed by atoms with Gasteiger partial charge in [-0.1, -0.05) is 24.3 Å². The zero-order chi connectivity index (χ0) is 24.4. The van der Waals surface area contributed by atoms with Gasteiger partial charge in [0.2, 0.25) is 5.91 Å². The van der Waals surface area contributed by atoms with E-state index in [2.05, 4.69) is 10.4 Å². The highest BCUT2D eigenvalue weighted by Gasteiger charge is 2.28. The summed E-state index contributed by atoms with van der Waals surface area (Å²) in [6.07, 6.45) is 3.26. The largest absolute Gasteiger partial charge is 0.497 e. The van der Waals surface area contributed by atoms with E-state index < -0.39 is 7.75 Å². The number of anilines is 1. The van der Waals surface area contributed by atoms with Gasteiger partial charge in [-0.2, -0.15) is 0 Å². The van der Waals surface area contributed by atoms with Gasteiger partial charge in [-0.3, -0.25) is 13.8 Å². The maximum absolute atomic E-state index is 12.7. The number of hydrogen-bond acceptors (Lipinski definition) is 6. The summed E-state index contributed by atoms with van der Waals surface area (Å²) >= 11 is 0. The van der Waals surface area contributed by atoms with Crippen LogP contribution in [0.1, 0.15) is 38.8 Å².